The predicted molar refractivity (Wildman–Crippen MR) is 67.3 cm³/mol. The van der Waals surface area contributed by atoms with Gasteiger partial charge in [-0.3, -0.25) is 4.79 Å². The van der Waals surface area contributed by atoms with Crippen LogP contribution in [0.25, 0.3) is 0 Å². The molecule has 5 heteroatoms. The second kappa shape index (κ2) is 7.55. The quantitative estimate of drug-likeness (QED) is 0.390. The zero-order valence-electron chi connectivity index (χ0n) is 10.5. The predicted octanol–water partition coefficient (Wildman–Crippen LogP) is 1.53. The zero-order chi connectivity index (χ0) is 13.4. The monoisotopic (exact) mass is 253 g/mol. The standard InChI is InChI=1S/C13H19NO4/c1-2-18-13(17)4-3-7-14-9-10-5-6-11(15)12(16)8-10/h5-6,8,14-16H,2-4,7,9H2,1H3. The van der Waals surface area contributed by atoms with E-state index in [0.29, 0.717) is 32.5 Å². The van der Waals surface area contributed by atoms with Crippen LogP contribution < -0.4 is 5.32 Å². The molecule has 1 rings (SSSR count). The van der Waals surface area contributed by atoms with Gasteiger partial charge in [0.2, 0.25) is 0 Å². The minimum absolute atomic E-state index is 0.124. The molecule has 0 aliphatic rings. The van der Waals surface area contributed by atoms with E-state index >= 15 is 0 Å². The van der Waals surface area contributed by atoms with Crippen LogP contribution in [0.2, 0.25) is 0 Å². The highest BCUT2D eigenvalue weighted by atomic mass is 16.5. The highest BCUT2D eigenvalue weighted by molar-refractivity contribution is 5.69. The molecule has 0 aliphatic carbocycles. The van der Waals surface area contributed by atoms with E-state index in [9.17, 15) is 9.90 Å². The summed E-state index contributed by atoms with van der Waals surface area (Å²) >= 11 is 0. The summed E-state index contributed by atoms with van der Waals surface area (Å²) in [5, 5.41) is 21.6. The highest BCUT2D eigenvalue weighted by Gasteiger charge is 2.02. The number of hydrogen-bond acceptors (Lipinski definition) is 5. The van der Waals surface area contributed by atoms with Crippen LogP contribution in [0.1, 0.15) is 25.3 Å². The van der Waals surface area contributed by atoms with Crippen molar-refractivity contribution in [3.63, 3.8) is 0 Å². The average molecular weight is 253 g/mol. The minimum atomic E-state index is -0.179. The maximum Gasteiger partial charge on any atom is 0.305 e. The first-order valence-electron chi connectivity index (χ1n) is 6.00. The van der Waals surface area contributed by atoms with Crippen molar-refractivity contribution in [3.05, 3.63) is 23.8 Å². The summed E-state index contributed by atoms with van der Waals surface area (Å²) in [6.07, 6.45) is 1.12. The van der Waals surface area contributed by atoms with Crippen molar-refractivity contribution in [3.8, 4) is 11.5 Å². The summed E-state index contributed by atoms with van der Waals surface area (Å²) in [6, 6.07) is 4.69. The molecule has 0 atom stereocenters. The van der Waals surface area contributed by atoms with Crippen LogP contribution in [0, 0.1) is 0 Å². The van der Waals surface area contributed by atoms with Gasteiger partial charge in [0.25, 0.3) is 0 Å². The van der Waals surface area contributed by atoms with Gasteiger partial charge in [-0.25, -0.2) is 0 Å². The smallest absolute Gasteiger partial charge is 0.305 e. The van der Waals surface area contributed by atoms with E-state index in [-0.39, 0.29) is 17.5 Å². The lowest BCUT2D eigenvalue weighted by atomic mass is 10.2. The lowest BCUT2D eigenvalue weighted by Crippen LogP contribution is -2.16. The molecule has 0 aromatic heterocycles. The number of hydrogen-bond donors (Lipinski definition) is 3. The van der Waals surface area contributed by atoms with E-state index in [0.717, 1.165) is 5.56 Å². The Morgan fingerprint density at radius 3 is 2.78 bits per heavy atom. The Kier molecular flexibility index (Phi) is 6.00. The number of phenolic OH excluding ortho intramolecular Hbond substituents is 2. The van der Waals surface area contributed by atoms with E-state index in [1.807, 2.05) is 0 Å². The van der Waals surface area contributed by atoms with Crippen molar-refractivity contribution < 1.29 is 19.7 Å². The molecular formula is C13H19NO4. The van der Waals surface area contributed by atoms with Crippen LogP contribution in [0.15, 0.2) is 18.2 Å². The van der Waals surface area contributed by atoms with Crippen molar-refractivity contribution in [2.24, 2.45) is 0 Å². The first-order chi connectivity index (χ1) is 8.63. The number of nitrogens with one attached hydrogen (secondary N) is 1. The maximum atomic E-state index is 11.0. The van der Waals surface area contributed by atoms with Crippen molar-refractivity contribution in [1.82, 2.24) is 5.32 Å². The Labute approximate surface area is 106 Å². The number of phenols is 2. The first kappa shape index (κ1) is 14.3. The van der Waals surface area contributed by atoms with Gasteiger partial charge in [0, 0.05) is 13.0 Å². The largest absolute Gasteiger partial charge is 0.504 e. The van der Waals surface area contributed by atoms with E-state index in [2.05, 4.69) is 5.32 Å². The molecule has 0 unspecified atom stereocenters. The molecule has 3 N–H and O–H groups in total. The van der Waals surface area contributed by atoms with Gasteiger partial charge < -0.3 is 20.3 Å². The molecule has 5 nitrogen and oxygen atoms in total. The number of carbonyl (C=O) groups excluding carboxylic acids is 1. The fourth-order valence-electron chi connectivity index (χ4n) is 1.50. The Morgan fingerprint density at radius 1 is 1.33 bits per heavy atom. The molecule has 0 saturated carbocycles. The van der Waals surface area contributed by atoms with Crippen LogP contribution in [0.3, 0.4) is 0 Å². The molecule has 0 spiro atoms. The fraction of sp³-hybridized carbons (Fsp3) is 0.462. The maximum absolute atomic E-state index is 11.0. The van der Waals surface area contributed by atoms with Gasteiger partial charge in [-0.1, -0.05) is 6.07 Å². The highest BCUT2D eigenvalue weighted by Crippen LogP contribution is 2.24. The molecular weight excluding hydrogens is 234 g/mol. The topological polar surface area (TPSA) is 78.8 Å². The SMILES string of the molecule is CCOC(=O)CCCNCc1ccc(O)c(O)c1. The second-order valence-corrected chi connectivity index (χ2v) is 3.91. The van der Waals surface area contributed by atoms with E-state index in [1.54, 1.807) is 13.0 Å². The third-order valence-corrected chi connectivity index (χ3v) is 2.41. The Balaban J connectivity index is 2.18. The summed E-state index contributed by atoms with van der Waals surface area (Å²) in [5.74, 6) is -0.427. The normalized spacial score (nSPS) is 10.3. The number of benzene rings is 1. The molecule has 1 aromatic rings. The summed E-state index contributed by atoms with van der Waals surface area (Å²) in [6.45, 7) is 3.48. The summed E-state index contributed by atoms with van der Waals surface area (Å²) in [7, 11) is 0. The molecule has 0 aliphatic heterocycles. The fourth-order valence-corrected chi connectivity index (χ4v) is 1.50. The van der Waals surface area contributed by atoms with Gasteiger partial charge in [0.05, 0.1) is 6.61 Å². The zero-order valence-corrected chi connectivity index (χ0v) is 10.5. The lowest BCUT2D eigenvalue weighted by Gasteiger charge is -2.06. The van der Waals surface area contributed by atoms with Crippen LogP contribution >= 0.6 is 0 Å². The first-order valence-corrected chi connectivity index (χ1v) is 6.00. The van der Waals surface area contributed by atoms with Gasteiger partial charge in [0.15, 0.2) is 11.5 Å². The van der Waals surface area contributed by atoms with E-state index < -0.39 is 0 Å². The summed E-state index contributed by atoms with van der Waals surface area (Å²) in [5.41, 5.74) is 0.876. The number of rotatable bonds is 7. The molecule has 0 amide bonds. The lowest BCUT2D eigenvalue weighted by molar-refractivity contribution is -0.143. The van der Waals surface area contributed by atoms with Crippen LogP contribution in [0.5, 0.6) is 11.5 Å². The number of aromatic hydroxyl groups is 2. The van der Waals surface area contributed by atoms with Crippen LogP contribution in [-0.4, -0.2) is 29.3 Å². The van der Waals surface area contributed by atoms with Gasteiger partial charge >= 0.3 is 5.97 Å². The van der Waals surface area contributed by atoms with Gasteiger partial charge in [0.1, 0.15) is 0 Å². The van der Waals surface area contributed by atoms with Crippen molar-refractivity contribution in [2.75, 3.05) is 13.2 Å². The molecule has 18 heavy (non-hydrogen) atoms. The van der Waals surface area contributed by atoms with Gasteiger partial charge in [-0.05, 0) is 37.6 Å². The van der Waals surface area contributed by atoms with Crippen LogP contribution in [-0.2, 0) is 16.1 Å². The summed E-state index contributed by atoms with van der Waals surface area (Å²) < 4.78 is 4.81. The van der Waals surface area contributed by atoms with Crippen molar-refractivity contribution in [1.29, 1.82) is 0 Å². The molecule has 0 saturated heterocycles. The van der Waals surface area contributed by atoms with Crippen LogP contribution in [0.4, 0.5) is 0 Å². The number of ether oxygens (including phenoxy) is 1. The van der Waals surface area contributed by atoms with Gasteiger partial charge in [-0.2, -0.15) is 0 Å². The second-order valence-electron chi connectivity index (χ2n) is 3.91. The minimum Gasteiger partial charge on any atom is -0.504 e. The molecule has 0 heterocycles. The third-order valence-electron chi connectivity index (χ3n) is 2.41. The molecule has 1 aromatic carbocycles. The number of carbonyl (C=O) groups is 1. The molecule has 0 bridgehead atoms. The van der Waals surface area contributed by atoms with E-state index in [4.69, 9.17) is 9.84 Å². The molecule has 0 fully saturated rings. The van der Waals surface area contributed by atoms with Crippen molar-refractivity contribution in [2.45, 2.75) is 26.3 Å². The molecule has 100 valence electrons. The molecule has 0 radical (unpaired) electrons. The number of esters is 1. The van der Waals surface area contributed by atoms with Gasteiger partial charge in [-0.15, -0.1) is 0 Å². The Hall–Kier alpha value is -1.75. The Morgan fingerprint density at radius 2 is 2.11 bits per heavy atom. The van der Waals surface area contributed by atoms with Crippen molar-refractivity contribution >= 4 is 5.97 Å². The third kappa shape index (κ3) is 5.05. The average Bonchev–Trinajstić information content (AvgIpc) is 2.33. The van der Waals surface area contributed by atoms with E-state index in [1.165, 1.54) is 12.1 Å². The summed E-state index contributed by atoms with van der Waals surface area (Å²) in [4.78, 5) is 11.0. The Bertz CT molecular complexity index is 393.